The van der Waals surface area contributed by atoms with Gasteiger partial charge >= 0.3 is 5.69 Å². The first-order valence-corrected chi connectivity index (χ1v) is 14.4. The molecule has 0 aliphatic heterocycles. The van der Waals surface area contributed by atoms with Crippen LogP contribution in [0, 0.1) is 5.41 Å². The zero-order valence-electron chi connectivity index (χ0n) is 22.6. The molecular formula is C28H37N3O5S. The van der Waals surface area contributed by atoms with E-state index < -0.39 is 26.8 Å². The van der Waals surface area contributed by atoms with E-state index in [4.69, 9.17) is 4.74 Å². The molecule has 0 radical (unpaired) electrons. The van der Waals surface area contributed by atoms with Gasteiger partial charge in [0.2, 0.25) is 10.0 Å². The smallest absolute Gasteiger partial charge is 0.328 e. The molecule has 0 saturated heterocycles. The van der Waals surface area contributed by atoms with E-state index in [2.05, 4.69) is 54.8 Å². The number of aromatic amines is 1. The molecule has 2 N–H and O–H groups in total. The van der Waals surface area contributed by atoms with E-state index in [0.29, 0.717) is 6.42 Å². The largest absolute Gasteiger partial charge is 0.496 e. The summed E-state index contributed by atoms with van der Waals surface area (Å²) in [5, 5.41) is 0. The van der Waals surface area contributed by atoms with Crippen LogP contribution < -0.4 is 16.0 Å². The summed E-state index contributed by atoms with van der Waals surface area (Å²) in [5.41, 5.74) is 3.63. The number of hydrogen-bond acceptors (Lipinski definition) is 5. The molecule has 2 atom stereocenters. The van der Waals surface area contributed by atoms with Crippen molar-refractivity contribution in [3.05, 3.63) is 85.4 Å². The molecule has 8 nitrogen and oxygen atoms in total. The van der Waals surface area contributed by atoms with Crippen molar-refractivity contribution in [2.24, 2.45) is 5.41 Å². The maximum absolute atomic E-state index is 12.7. The van der Waals surface area contributed by atoms with E-state index in [-0.39, 0.29) is 17.4 Å². The molecule has 1 aromatic heterocycles. The van der Waals surface area contributed by atoms with Gasteiger partial charge in [0, 0.05) is 35.7 Å². The fraction of sp³-hybridized carbons (Fsp3) is 0.500. The number of nitrogens with zero attached hydrogens (tertiary/aromatic N) is 1. The lowest BCUT2D eigenvalue weighted by atomic mass is 9.77. The summed E-state index contributed by atoms with van der Waals surface area (Å²) >= 11 is 0. The van der Waals surface area contributed by atoms with E-state index >= 15 is 0 Å². The second-order valence-corrected chi connectivity index (χ2v) is 13.5. The van der Waals surface area contributed by atoms with E-state index in [1.165, 1.54) is 17.9 Å². The number of ether oxygens (including phenoxy) is 1. The van der Waals surface area contributed by atoms with Gasteiger partial charge in [0.1, 0.15) is 5.76 Å². The van der Waals surface area contributed by atoms with Gasteiger partial charge in [0.15, 0.2) is 0 Å². The first-order chi connectivity index (χ1) is 17.1. The quantitative estimate of drug-likeness (QED) is 0.593. The van der Waals surface area contributed by atoms with Crippen molar-refractivity contribution >= 4 is 15.6 Å². The number of rotatable bonds is 6. The Bertz CT molecular complexity index is 1500. The fourth-order valence-corrected chi connectivity index (χ4v) is 6.93. The molecular weight excluding hydrogens is 490 g/mol. The summed E-state index contributed by atoms with van der Waals surface area (Å²) in [6, 6.07) is 7.43. The Labute approximate surface area is 218 Å². The monoisotopic (exact) mass is 527 g/mol. The van der Waals surface area contributed by atoms with E-state index in [1.54, 1.807) is 17.9 Å². The third-order valence-corrected chi connectivity index (χ3v) is 8.30. The lowest BCUT2D eigenvalue weighted by Gasteiger charge is -2.34. The van der Waals surface area contributed by atoms with E-state index in [9.17, 15) is 18.0 Å². The number of hydrogen-bond donors (Lipinski definition) is 2. The molecule has 200 valence electrons. The van der Waals surface area contributed by atoms with Crippen molar-refractivity contribution in [2.75, 3.05) is 13.4 Å². The highest BCUT2D eigenvalue weighted by atomic mass is 32.2. The Kier molecular flexibility index (Phi) is 6.92. The number of nitrogens with one attached hydrogen (secondary N) is 2. The molecule has 4 rings (SSSR count). The third-order valence-electron chi connectivity index (χ3n) is 7.40. The SMILES string of the molecule is COC1=C(c2ccc3c(c2)CC[C@H]3C(C)(C)NS(C)(=O)=O)CC(n2ccc(=O)[nH]c2=O)C=C1C(C)(C)C. The van der Waals surface area contributed by atoms with Crippen LogP contribution in [0.4, 0.5) is 0 Å². The van der Waals surface area contributed by atoms with Crippen LogP contribution in [0.5, 0.6) is 0 Å². The number of allylic oxidation sites excluding steroid dienone is 3. The van der Waals surface area contributed by atoms with Gasteiger partial charge in [-0.3, -0.25) is 14.3 Å². The Morgan fingerprint density at radius 3 is 2.41 bits per heavy atom. The van der Waals surface area contributed by atoms with Crippen LogP contribution in [0.15, 0.2) is 57.5 Å². The van der Waals surface area contributed by atoms with Crippen molar-refractivity contribution in [2.45, 2.75) is 71.4 Å². The average molecular weight is 528 g/mol. The van der Waals surface area contributed by atoms with Crippen LogP contribution in [-0.4, -0.2) is 36.9 Å². The van der Waals surface area contributed by atoms with Crippen molar-refractivity contribution in [1.82, 2.24) is 14.3 Å². The lowest BCUT2D eigenvalue weighted by molar-refractivity contribution is 0.278. The normalized spacial score (nSPS) is 20.6. The van der Waals surface area contributed by atoms with Gasteiger partial charge < -0.3 is 4.74 Å². The first-order valence-electron chi connectivity index (χ1n) is 12.5. The molecule has 37 heavy (non-hydrogen) atoms. The predicted octanol–water partition coefficient (Wildman–Crippen LogP) is 3.87. The lowest BCUT2D eigenvalue weighted by Crippen LogP contribution is -2.46. The Morgan fingerprint density at radius 1 is 1.11 bits per heavy atom. The summed E-state index contributed by atoms with van der Waals surface area (Å²) in [4.78, 5) is 26.7. The average Bonchev–Trinajstić information content (AvgIpc) is 3.20. The first kappa shape index (κ1) is 27.1. The fourth-order valence-electron chi connectivity index (χ4n) is 5.84. The van der Waals surface area contributed by atoms with Crippen molar-refractivity contribution in [1.29, 1.82) is 0 Å². The maximum Gasteiger partial charge on any atom is 0.328 e. The van der Waals surface area contributed by atoms with Crippen LogP contribution in [0.25, 0.3) is 5.57 Å². The van der Waals surface area contributed by atoms with Crippen molar-refractivity contribution in [3.8, 4) is 0 Å². The number of fused-ring (bicyclic) bond motifs is 1. The van der Waals surface area contributed by atoms with Gasteiger partial charge in [-0.2, -0.15) is 0 Å². The number of methoxy groups -OCH3 is 1. The predicted molar refractivity (Wildman–Crippen MR) is 146 cm³/mol. The molecule has 1 unspecified atom stereocenters. The zero-order chi connectivity index (χ0) is 27.3. The highest BCUT2D eigenvalue weighted by molar-refractivity contribution is 7.88. The van der Waals surface area contributed by atoms with Crippen LogP contribution in [0.3, 0.4) is 0 Å². The molecule has 0 fully saturated rings. The Hall–Kier alpha value is -2.91. The number of benzene rings is 1. The van der Waals surface area contributed by atoms with Crippen LogP contribution >= 0.6 is 0 Å². The van der Waals surface area contributed by atoms with E-state index in [0.717, 1.165) is 40.9 Å². The van der Waals surface area contributed by atoms with Gasteiger partial charge in [0.05, 0.1) is 19.4 Å². The minimum Gasteiger partial charge on any atom is -0.496 e. The van der Waals surface area contributed by atoms with Gasteiger partial charge in [-0.1, -0.05) is 45.0 Å². The molecule has 9 heteroatoms. The molecule has 2 aliphatic rings. The van der Waals surface area contributed by atoms with Gasteiger partial charge in [-0.15, -0.1) is 0 Å². The highest BCUT2D eigenvalue weighted by Crippen LogP contribution is 2.46. The highest BCUT2D eigenvalue weighted by Gasteiger charge is 2.38. The summed E-state index contributed by atoms with van der Waals surface area (Å²) in [5.74, 6) is 0.862. The Balaban J connectivity index is 1.79. The molecule has 2 aromatic rings. The number of aromatic nitrogens is 2. The van der Waals surface area contributed by atoms with Gasteiger partial charge in [-0.25, -0.2) is 17.9 Å². The number of sulfonamides is 1. The topological polar surface area (TPSA) is 110 Å². The molecule has 1 aromatic carbocycles. The number of aryl methyl sites for hydroxylation is 1. The second kappa shape index (κ2) is 9.44. The van der Waals surface area contributed by atoms with Crippen LogP contribution in [0.2, 0.25) is 0 Å². The summed E-state index contributed by atoms with van der Waals surface area (Å²) < 4.78 is 34.3. The molecule has 0 saturated carbocycles. The second-order valence-electron chi connectivity index (χ2n) is 11.7. The molecule has 1 heterocycles. The number of H-pyrrole nitrogens is 1. The van der Waals surface area contributed by atoms with Gasteiger partial charge in [0.25, 0.3) is 5.56 Å². The summed E-state index contributed by atoms with van der Waals surface area (Å²) in [7, 11) is -1.68. The summed E-state index contributed by atoms with van der Waals surface area (Å²) in [6.07, 6.45) is 7.03. The van der Waals surface area contributed by atoms with Crippen molar-refractivity contribution < 1.29 is 13.2 Å². The van der Waals surface area contributed by atoms with E-state index in [1.807, 2.05) is 13.8 Å². The third kappa shape index (κ3) is 5.52. The minimum atomic E-state index is -3.35. The minimum absolute atomic E-state index is 0.0611. The maximum atomic E-state index is 12.7. The zero-order valence-corrected chi connectivity index (χ0v) is 23.5. The molecule has 0 amide bonds. The van der Waals surface area contributed by atoms with Gasteiger partial charge in [-0.05, 0) is 54.4 Å². The van der Waals surface area contributed by atoms with Crippen LogP contribution in [0.1, 0.15) is 76.1 Å². The standard InChI is InChI=1S/C28H37N3O5S/c1-27(2,3)23-16-19(31-13-12-24(32)29-26(31)33)15-21(25(23)36-6)18-8-10-20-17(14-18)9-11-22(20)28(4,5)30-37(7,34)35/h8,10,12-14,16,19,22,30H,9,11,15H2,1-7H3,(H,29,32,33)/t19?,22-/m1/s1. The molecule has 0 spiro atoms. The Morgan fingerprint density at radius 2 is 1.81 bits per heavy atom. The van der Waals surface area contributed by atoms with Crippen LogP contribution in [-0.2, 0) is 21.2 Å². The molecule has 2 aliphatic carbocycles. The van der Waals surface area contributed by atoms with Crippen molar-refractivity contribution in [3.63, 3.8) is 0 Å². The summed E-state index contributed by atoms with van der Waals surface area (Å²) in [6.45, 7) is 10.2. The molecule has 0 bridgehead atoms.